The topological polar surface area (TPSA) is 138 Å². The average molecular weight is 465 g/mol. The Labute approximate surface area is 197 Å². The highest BCUT2D eigenvalue weighted by Crippen LogP contribution is 2.26. The SMILES string of the molecule is CC(=O)N1CCN(c2ccc(Nc3nc4nc[nH]c4c(N4CCCC(C(N)=O)C4)[nH+]3)cc2)CC1. The molecule has 0 saturated carbocycles. The normalized spacial score (nSPS) is 18.9. The number of rotatable bonds is 5. The smallest absolute Gasteiger partial charge is 0.351 e. The summed E-state index contributed by atoms with van der Waals surface area (Å²) in [6.45, 7) is 6.14. The van der Waals surface area contributed by atoms with Gasteiger partial charge in [0, 0.05) is 38.8 Å². The maximum absolute atomic E-state index is 11.8. The van der Waals surface area contributed by atoms with Crippen LogP contribution in [0.15, 0.2) is 30.6 Å². The van der Waals surface area contributed by atoms with Crippen LogP contribution in [-0.2, 0) is 9.59 Å². The van der Waals surface area contributed by atoms with Crippen LogP contribution in [0.2, 0.25) is 0 Å². The monoisotopic (exact) mass is 464 g/mol. The van der Waals surface area contributed by atoms with Crippen molar-refractivity contribution in [2.75, 3.05) is 54.4 Å². The summed E-state index contributed by atoms with van der Waals surface area (Å²) in [6.07, 6.45) is 3.32. The first-order valence-corrected chi connectivity index (χ1v) is 11.7. The molecule has 1 aromatic carbocycles. The van der Waals surface area contributed by atoms with E-state index in [9.17, 15) is 9.59 Å². The van der Waals surface area contributed by atoms with Crippen molar-refractivity contribution >= 4 is 46.1 Å². The lowest BCUT2D eigenvalue weighted by molar-refractivity contribution is -0.349. The van der Waals surface area contributed by atoms with E-state index in [-0.39, 0.29) is 17.7 Å². The van der Waals surface area contributed by atoms with Gasteiger partial charge in [0.25, 0.3) is 0 Å². The number of fused-ring (bicyclic) bond motifs is 1. The van der Waals surface area contributed by atoms with Gasteiger partial charge in [-0.3, -0.25) is 14.9 Å². The summed E-state index contributed by atoms with van der Waals surface area (Å²) in [5.74, 6) is 1.11. The number of carbonyl (C=O) groups is 2. The third-order valence-corrected chi connectivity index (χ3v) is 6.67. The van der Waals surface area contributed by atoms with Gasteiger partial charge in [-0.2, -0.15) is 0 Å². The molecule has 5 rings (SSSR count). The van der Waals surface area contributed by atoms with E-state index in [1.165, 1.54) is 0 Å². The molecule has 1 unspecified atom stereocenters. The van der Waals surface area contributed by atoms with Gasteiger partial charge >= 0.3 is 5.95 Å². The zero-order valence-corrected chi connectivity index (χ0v) is 19.3. The molecule has 0 aliphatic carbocycles. The summed E-state index contributed by atoms with van der Waals surface area (Å²) in [5, 5.41) is 3.34. The van der Waals surface area contributed by atoms with Crippen LogP contribution in [-0.4, -0.2) is 70.9 Å². The van der Waals surface area contributed by atoms with Gasteiger partial charge in [0.05, 0.1) is 31.0 Å². The van der Waals surface area contributed by atoms with E-state index < -0.39 is 0 Å². The highest BCUT2D eigenvalue weighted by atomic mass is 16.2. The summed E-state index contributed by atoms with van der Waals surface area (Å²) in [7, 11) is 0. The second-order valence-electron chi connectivity index (χ2n) is 8.89. The van der Waals surface area contributed by atoms with Crippen molar-refractivity contribution in [3.05, 3.63) is 30.6 Å². The van der Waals surface area contributed by atoms with Gasteiger partial charge in [0.1, 0.15) is 0 Å². The van der Waals surface area contributed by atoms with Crippen molar-refractivity contribution < 1.29 is 14.6 Å². The summed E-state index contributed by atoms with van der Waals surface area (Å²) in [6, 6.07) is 8.17. The first-order chi connectivity index (χ1) is 16.5. The number of aromatic nitrogens is 4. The molecular weight excluding hydrogens is 434 g/mol. The Hall–Kier alpha value is -3.89. The molecule has 4 heterocycles. The third-order valence-electron chi connectivity index (χ3n) is 6.67. The van der Waals surface area contributed by atoms with Gasteiger partial charge in [0.15, 0.2) is 5.52 Å². The van der Waals surface area contributed by atoms with E-state index in [2.05, 4.69) is 47.2 Å². The Morgan fingerprint density at radius 2 is 1.88 bits per heavy atom. The first kappa shape index (κ1) is 21.9. The van der Waals surface area contributed by atoms with Crippen LogP contribution in [0, 0.1) is 5.92 Å². The van der Waals surface area contributed by atoms with Gasteiger partial charge < -0.3 is 25.4 Å². The number of hydrogen-bond donors (Lipinski definition) is 3. The number of imidazole rings is 1. The molecule has 11 heteroatoms. The molecular formula is C23H30N9O2+. The second kappa shape index (κ2) is 9.16. The van der Waals surface area contributed by atoms with E-state index in [0.29, 0.717) is 18.1 Å². The predicted molar refractivity (Wildman–Crippen MR) is 129 cm³/mol. The van der Waals surface area contributed by atoms with Crippen molar-refractivity contribution in [1.82, 2.24) is 19.9 Å². The van der Waals surface area contributed by atoms with E-state index in [0.717, 1.165) is 68.3 Å². The number of hydrogen-bond acceptors (Lipinski definition) is 7. The molecule has 2 aromatic heterocycles. The van der Waals surface area contributed by atoms with Crippen LogP contribution in [0.25, 0.3) is 11.2 Å². The molecule has 2 aliphatic rings. The fraction of sp³-hybridized carbons (Fsp3) is 0.435. The van der Waals surface area contributed by atoms with Crippen LogP contribution in [0.5, 0.6) is 0 Å². The van der Waals surface area contributed by atoms with Crippen LogP contribution >= 0.6 is 0 Å². The number of nitrogens with one attached hydrogen (secondary N) is 3. The standard InChI is InChI=1S/C23H29N9O2/c1-15(33)30-9-11-31(12-10-30)18-6-4-17(5-7-18)27-23-28-21-19(25-14-26-21)22(29-23)32-8-2-3-16(13-32)20(24)34/h4-7,14,16H,2-3,8-13H2,1H3,(H2,24,34)(H2,25,26,27,28,29)/p+1. The Balaban J connectivity index is 1.32. The number of piperidine rings is 1. The minimum absolute atomic E-state index is 0.130. The van der Waals surface area contributed by atoms with Crippen LogP contribution in [0.1, 0.15) is 19.8 Å². The number of nitrogens with zero attached hydrogens (tertiary/aromatic N) is 5. The minimum atomic E-state index is -0.263. The van der Waals surface area contributed by atoms with Crippen molar-refractivity contribution in [3.8, 4) is 0 Å². The Morgan fingerprint density at radius 3 is 2.59 bits per heavy atom. The van der Waals surface area contributed by atoms with Crippen LogP contribution in [0.3, 0.4) is 0 Å². The van der Waals surface area contributed by atoms with Gasteiger partial charge in [-0.15, -0.1) is 0 Å². The Morgan fingerprint density at radius 1 is 1.12 bits per heavy atom. The van der Waals surface area contributed by atoms with Crippen molar-refractivity contribution in [2.45, 2.75) is 19.8 Å². The molecule has 2 aliphatic heterocycles. The molecule has 178 valence electrons. The maximum Gasteiger partial charge on any atom is 0.351 e. The zero-order chi connectivity index (χ0) is 23.7. The molecule has 11 nitrogen and oxygen atoms in total. The first-order valence-electron chi connectivity index (χ1n) is 11.7. The molecule has 34 heavy (non-hydrogen) atoms. The lowest BCUT2D eigenvalue weighted by Gasteiger charge is -2.35. The maximum atomic E-state index is 11.8. The molecule has 2 fully saturated rings. The molecule has 0 bridgehead atoms. The van der Waals surface area contributed by atoms with E-state index >= 15 is 0 Å². The van der Waals surface area contributed by atoms with E-state index in [4.69, 9.17) is 5.73 Å². The number of carbonyl (C=O) groups excluding carboxylic acids is 2. The summed E-state index contributed by atoms with van der Waals surface area (Å²) in [5.41, 5.74) is 8.99. The Bertz CT molecular complexity index is 1180. The lowest BCUT2D eigenvalue weighted by atomic mass is 9.97. The van der Waals surface area contributed by atoms with E-state index in [1.54, 1.807) is 13.3 Å². The number of piperazine rings is 1. The number of aromatic amines is 2. The van der Waals surface area contributed by atoms with E-state index in [1.807, 2.05) is 17.0 Å². The summed E-state index contributed by atoms with van der Waals surface area (Å²) in [4.78, 5) is 45.1. The Kier molecular flexibility index (Phi) is 5.91. The van der Waals surface area contributed by atoms with Gasteiger partial charge in [-0.05, 0) is 37.1 Å². The molecule has 2 saturated heterocycles. The zero-order valence-electron chi connectivity index (χ0n) is 19.3. The summed E-state index contributed by atoms with van der Waals surface area (Å²) >= 11 is 0. The number of nitrogens with two attached hydrogens (primary N) is 1. The largest absolute Gasteiger partial charge is 0.369 e. The molecule has 0 spiro atoms. The van der Waals surface area contributed by atoms with Crippen molar-refractivity contribution in [1.29, 1.82) is 0 Å². The molecule has 2 amide bonds. The predicted octanol–water partition coefficient (Wildman–Crippen LogP) is 0.886. The second-order valence-corrected chi connectivity index (χ2v) is 8.89. The number of amides is 2. The molecule has 1 atom stereocenters. The lowest BCUT2D eigenvalue weighted by Crippen LogP contribution is -2.48. The van der Waals surface area contributed by atoms with Gasteiger partial charge in [-0.1, -0.05) is 4.98 Å². The fourth-order valence-corrected chi connectivity index (χ4v) is 4.74. The highest BCUT2D eigenvalue weighted by Gasteiger charge is 2.30. The average Bonchev–Trinajstić information content (AvgIpc) is 3.33. The van der Waals surface area contributed by atoms with Gasteiger partial charge in [0.2, 0.25) is 23.3 Å². The molecule has 0 radical (unpaired) electrons. The van der Waals surface area contributed by atoms with Crippen LogP contribution < -0.4 is 25.8 Å². The quantitative estimate of drug-likeness (QED) is 0.510. The van der Waals surface area contributed by atoms with Crippen LogP contribution in [0.4, 0.5) is 23.1 Å². The van der Waals surface area contributed by atoms with Gasteiger partial charge in [-0.25, -0.2) is 9.97 Å². The third kappa shape index (κ3) is 4.45. The van der Waals surface area contributed by atoms with Crippen molar-refractivity contribution in [2.24, 2.45) is 11.7 Å². The minimum Gasteiger partial charge on any atom is -0.369 e. The number of primary amides is 1. The number of anilines is 4. The molecule has 3 aromatic rings. The highest BCUT2D eigenvalue weighted by molar-refractivity contribution is 5.83. The number of H-pyrrole nitrogens is 2. The number of benzene rings is 1. The van der Waals surface area contributed by atoms with Crippen molar-refractivity contribution in [3.63, 3.8) is 0 Å². The summed E-state index contributed by atoms with van der Waals surface area (Å²) < 4.78 is 0. The molecule has 5 N–H and O–H groups in total. The fourth-order valence-electron chi connectivity index (χ4n) is 4.74.